The van der Waals surface area contributed by atoms with Crippen LogP contribution < -0.4 is 16.4 Å². The Kier molecular flexibility index (Phi) is 7.22. The van der Waals surface area contributed by atoms with Gasteiger partial charge >= 0.3 is 6.03 Å². The van der Waals surface area contributed by atoms with Gasteiger partial charge in [0.05, 0.1) is 11.6 Å². The van der Waals surface area contributed by atoms with Crippen molar-refractivity contribution < 1.29 is 9.18 Å². The first-order chi connectivity index (χ1) is 18.3. The number of carbonyl (C=O) groups excluding carboxylic acids is 1. The summed E-state index contributed by atoms with van der Waals surface area (Å²) in [5.74, 6) is 0.426. The Balaban J connectivity index is 1.40. The number of H-pyrrole nitrogens is 2. The number of hydrogen-bond donors (Lipinski definition) is 5. The maximum absolute atomic E-state index is 14.5. The summed E-state index contributed by atoms with van der Waals surface area (Å²) in [7, 11) is 0. The number of benzene rings is 3. The SMILES string of the molecule is Cc1ccc(Cl)c(CNC(=O)N[C@@H](Cc2ccccc2)c2nc(-c3ccc4c(N)n[nH]c4c3)c(Cl)[nH]2)c1F. The molecule has 2 heterocycles. The lowest BCUT2D eigenvalue weighted by Gasteiger charge is -2.18. The Labute approximate surface area is 227 Å². The van der Waals surface area contributed by atoms with Crippen LogP contribution in [0, 0.1) is 12.7 Å². The van der Waals surface area contributed by atoms with Crippen LogP contribution >= 0.6 is 23.2 Å². The first-order valence-corrected chi connectivity index (χ1v) is 12.6. The van der Waals surface area contributed by atoms with Gasteiger partial charge in [0, 0.05) is 28.1 Å². The second kappa shape index (κ2) is 10.7. The number of amides is 2. The largest absolute Gasteiger partial charge is 0.382 e. The van der Waals surface area contributed by atoms with Crippen LogP contribution in [0.15, 0.2) is 60.7 Å². The van der Waals surface area contributed by atoms with E-state index in [2.05, 4.69) is 25.8 Å². The molecule has 0 fully saturated rings. The highest BCUT2D eigenvalue weighted by atomic mass is 35.5. The summed E-state index contributed by atoms with van der Waals surface area (Å²) in [6.07, 6.45) is 0.438. The van der Waals surface area contributed by atoms with Crippen molar-refractivity contribution in [3.63, 3.8) is 0 Å². The number of imidazole rings is 1. The average Bonchev–Trinajstić information content (AvgIpc) is 3.48. The number of nitrogens with two attached hydrogens (primary N) is 1. The van der Waals surface area contributed by atoms with Gasteiger partial charge in [-0.1, -0.05) is 65.7 Å². The third-order valence-electron chi connectivity index (χ3n) is 6.27. The fourth-order valence-corrected chi connectivity index (χ4v) is 4.70. The van der Waals surface area contributed by atoms with Crippen LogP contribution in [0.5, 0.6) is 0 Å². The van der Waals surface area contributed by atoms with Gasteiger partial charge in [0.2, 0.25) is 0 Å². The minimum Gasteiger partial charge on any atom is -0.382 e. The van der Waals surface area contributed by atoms with E-state index in [9.17, 15) is 9.18 Å². The van der Waals surface area contributed by atoms with Crippen molar-refractivity contribution in [3.8, 4) is 11.3 Å². The first kappa shape index (κ1) is 25.6. The molecule has 5 aromatic rings. The highest BCUT2D eigenvalue weighted by Crippen LogP contribution is 2.31. The Morgan fingerprint density at radius 3 is 2.71 bits per heavy atom. The lowest BCUT2D eigenvalue weighted by atomic mass is 10.1. The Hall–Kier alpha value is -4.08. The van der Waals surface area contributed by atoms with E-state index in [0.29, 0.717) is 34.5 Å². The molecular weight excluding hydrogens is 528 g/mol. The van der Waals surface area contributed by atoms with Gasteiger partial charge in [0.15, 0.2) is 5.82 Å². The van der Waals surface area contributed by atoms with Crippen molar-refractivity contribution in [1.82, 2.24) is 30.8 Å². The minimum atomic E-state index is -0.562. The molecule has 5 rings (SSSR count). The van der Waals surface area contributed by atoms with Crippen LogP contribution in [-0.4, -0.2) is 26.2 Å². The number of halogens is 3. The maximum atomic E-state index is 14.5. The summed E-state index contributed by atoms with van der Waals surface area (Å²) in [4.78, 5) is 20.7. The number of aromatic amines is 2. The van der Waals surface area contributed by atoms with Crippen LogP contribution in [0.3, 0.4) is 0 Å². The highest BCUT2D eigenvalue weighted by Gasteiger charge is 2.22. The van der Waals surface area contributed by atoms with Crippen LogP contribution in [0.25, 0.3) is 22.2 Å². The number of nitrogen functional groups attached to an aromatic ring is 1. The number of aromatic nitrogens is 4. The van der Waals surface area contributed by atoms with E-state index < -0.39 is 17.9 Å². The third-order valence-corrected chi connectivity index (χ3v) is 6.89. The molecule has 2 aromatic heterocycles. The molecule has 3 aromatic carbocycles. The predicted molar refractivity (Wildman–Crippen MR) is 148 cm³/mol. The van der Waals surface area contributed by atoms with Crippen LogP contribution in [0.1, 0.15) is 28.6 Å². The van der Waals surface area contributed by atoms with Gasteiger partial charge in [0.1, 0.15) is 22.5 Å². The van der Waals surface area contributed by atoms with Gasteiger partial charge in [-0.15, -0.1) is 0 Å². The summed E-state index contributed by atoms with van der Waals surface area (Å²) in [6.45, 7) is 1.57. The zero-order chi connectivity index (χ0) is 26.8. The molecule has 2 amide bonds. The molecule has 8 nitrogen and oxygen atoms in total. The zero-order valence-electron chi connectivity index (χ0n) is 20.3. The summed E-state index contributed by atoms with van der Waals surface area (Å²) < 4.78 is 14.5. The number of rotatable bonds is 7. The second-order valence-corrected chi connectivity index (χ2v) is 9.67. The minimum absolute atomic E-state index is 0.0757. The van der Waals surface area contributed by atoms with Crippen molar-refractivity contribution in [3.05, 3.63) is 99.2 Å². The van der Waals surface area contributed by atoms with E-state index in [0.717, 1.165) is 22.0 Å². The average molecular weight is 552 g/mol. The van der Waals surface area contributed by atoms with Gasteiger partial charge in [-0.3, -0.25) is 5.10 Å². The van der Waals surface area contributed by atoms with E-state index in [1.165, 1.54) is 0 Å². The zero-order valence-corrected chi connectivity index (χ0v) is 21.8. The van der Waals surface area contributed by atoms with Crippen molar-refractivity contribution in [2.45, 2.75) is 25.9 Å². The first-order valence-electron chi connectivity index (χ1n) is 11.8. The molecule has 0 bridgehead atoms. The molecule has 0 aliphatic heterocycles. The molecule has 194 valence electrons. The second-order valence-electron chi connectivity index (χ2n) is 8.88. The summed E-state index contributed by atoms with van der Waals surface area (Å²) in [5, 5.41) is 13.9. The molecule has 6 N–H and O–H groups in total. The number of nitrogens with zero attached hydrogens (tertiary/aromatic N) is 2. The Bertz CT molecular complexity index is 1620. The van der Waals surface area contributed by atoms with Crippen molar-refractivity contribution >= 4 is 46.0 Å². The Morgan fingerprint density at radius 1 is 1.13 bits per heavy atom. The predicted octanol–water partition coefficient (Wildman–Crippen LogP) is 6.07. The maximum Gasteiger partial charge on any atom is 0.315 e. The van der Waals surface area contributed by atoms with E-state index in [1.54, 1.807) is 19.1 Å². The topological polar surface area (TPSA) is 125 Å². The van der Waals surface area contributed by atoms with Crippen LogP contribution in [0.2, 0.25) is 10.2 Å². The van der Waals surface area contributed by atoms with Gasteiger partial charge in [-0.25, -0.2) is 14.2 Å². The molecule has 11 heteroatoms. The van der Waals surface area contributed by atoms with Gasteiger partial charge < -0.3 is 21.4 Å². The fraction of sp³-hybridized carbons (Fsp3) is 0.148. The van der Waals surface area contributed by atoms with Crippen molar-refractivity contribution in [2.24, 2.45) is 0 Å². The monoisotopic (exact) mass is 551 g/mol. The lowest BCUT2D eigenvalue weighted by molar-refractivity contribution is 0.236. The number of carbonyl (C=O) groups is 1. The van der Waals surface area contributed by atoms with Gasteiger partial charge in [-0.2, -0.15) is 5.10 Å². The molecule has 0 saturated carbocycles. The van der Waals surface area contributed by atoms with E-state index >= 15 is 0 Å². The normalized spacial score (nSPS) is 12.0. The number of hydrogen-bond acceptors (Lipinski definition) is 4. The molecule has 38 heavy (non-hydrogen) atoms. The number of fused-ring (bicyclic) bond motifs is 1. The molecule has 1 atom stereocenters. The van der Waals surface area contributed by atoms with E-state index in [1.807, 2.05) is 48.5 Å². The summed E-state index contributed by atoms with van der Waals surface area (Å²) >= 11 is 12.7. The molecule has 0 aliphatic carbocycles. The molecule has 0 unspecified atom stereocenters. The molecule has 0 saturated heterocycles. The molecule has 0 radical (unpaired) electrons. The van der Waals surface area contributed by atoms with Gasteiger partial charge in [-0.05, 0) is 42.7 Å². The number of anilines is 1. The summed E-state index contributed by atoms with van der Waals surface area (Å²) in [5.41, 5.74) is 9.55. The van der Waals surface area contributed by atoms with Crippen LogP contribution in [0.4, 0.5) is 15.0 Å². The smallest absolute Gasteiger partial charge is 0.315 e. The molecule has 0 spiro atoms. The summed E-state index contributed by atoms with van der Waals surface area (Å²) in [6, 6.07) is 17.3. The molecular formula is C27H24Cl2FN7O. The number of urea groups is 1. The number of nitrogens with one attached hydrogen (secondary N) is 4. The van der Waals surface area contributed by atoms with E-state index in [4.69, 9.17) is 33.9 Å². The lowest BCUT2D eigenvalue weighted by Crippen LogP contribution is -2.39. The van der Waals surface area contributed by atoms with Crippen LogP contribution in [-0.2, 0) is 13.0 Å². The fourth-order valence-electron chi connectivity index (χ4n) is 4.23. The van der Waals surface area contributed by atoms with Gasteiger partial charge in [0.25, 0.3) is 0 Å². The van der Waals surface area contributed by atoms with Crippen molar-refractivity contribution in [1.29, 1.82) is 0 Å². The number of aryl methyl sites for hydroxylation is 1. The van der Waals surface area contributed by atoms with E-state index in [-0.39, 0.29) is 17.1 Å². The standard InChI is InChI=1S/C27H24Cl2FN7O/c1-14-7-10-19(28)18(22(14)30)13-32-27(38)33-21(11-15-5-3-2-4-6-15)26-34-23(24(29)35-26)16-8-9-17-20(12-16)36-37-25(17)31/h2-10,12,21H,11,13H2,1H3,(H,34,35)(H3,31,36,37)(H2,32,33,38)/t21-/m0/s1. The highest BCUT2D eigenvalue weighted by molar-refractivity contribution is 6.32. The Morgan fingerprint density at radius 2 is 1.92 bits per heavy atom. The van der Waals surface area contributed by atoms with Crippen molar-refractivity contribution in [2.75, 3.05) is 5.73 Å². The molecule has 0 aliphatic rings. The quantitative estimate of drug-likeness (QED) is 0.168. The third kappa shape index (κ3) is 5.29.